The standard InChI is InChI=1S/C10H8F2O/c1-2-3-10(13)8-6-7(11)4-5-9(8)12/h1,4-6,10,13H,3H2. The number of hydrogen-bond donors (Lipinski definition) is 1. The number of aliphatic hydroxyl groups excluding tert-OH is 1. The predicted octanol–water partition coefficient (Wildman–Crippen LogP) is 2.02. The maximum Gasteiger partial charge on any atom is 0.129 e. The maximum atomic E-state index is 12.9. The van der Waals surface area contributed by atoms with E-state index in [0.29, 0.717) is 0 Å². The van der Waals surface area contributed by atoms with Gasteiger partial charge in [0.05, 0.1) is 6.10 Å². The molecule has 0 saturated heterocycles. The first-order valence-corrected chi connectivity index (χ1v) is 3.71. The summed E-state index contributed by atoms with van der Waals surface area (Å²) in [5.74, 6) is 0.934. The molecule has 1 nitrogen and oxygen atoms in total. The summed E-state index contributed by atoms with van der Waals surface area (Å²) in [6.45, 7) is 0. The van der Waals surface area contributed by atoms with E-state index in [-0.39, 0.29) is 12.0 Å². The zero-order valence-electron chi connectivity index (χ0n) is 6.80. The normalized spacial score (nSPS) is 12.2. The molecule has 0 aliphatic carbocycles. The van der Waals surface area contributed by atoms with Gasteiger partial charge in [0.2, 0.25) is 0 Å². The van der Waals surface area contributed by atoms with Crippen LogP contribution in [0.1, 0.15) is 18.1 Å². The number of rotatable bonds is 2. The van der Waals surface area contributed by atoms with E-state index in [1.807, 2.05) is 0 Å². The molecule has 13 heavy (non-hydrogen) atoms. The average molecular weight is 182 g/mol. The highest BCUT2D eigenvalue weighted by Gasteiger charge is 2.12. The van der Waals surface area contributed by atoms with E-state index in [0.717, 1.165) is 18.2 Å². The third kappa shape index (κ3) is 2.27. The van der Waals surface area contributed by atoms with Gasteiger partial charge in [0.15, 0.2) is 0 Å². The van der Waals surface area contributed by atoms with Gasteiger partial charge >= 0.3 is 0 Å². The summed E-state index contributed by atoms with van der Waals surface area (Å²) in [6, 6.07) is 2.89. The summed E-state index contributed by atoms with van der Waals surface area (Å²) in [5, 5.41) is 9.28. The average Bonchev–Trinajstić information content (AvgIpc) is 2.09. The molecule has 1 rings (SSSR count). The highest BCUT2D eigenvalue weighted by atomic mass is 19.1. The lowest BCUT2D eigenvalue weighted by Crippen LogP contribution is -2.00. The molecule has 1 aromatic rings. The first-order valence-electron chi connectivity index (χ1n) is 3.71. The molecule has 0 fully saturated rings. The van der Waals surface area contributed by atoms with Crippen molar-refractivity contribution in [2.24, 2.45) is 0 Å². The SMILES string of the molecule is C#CCC(O)c1cc(F)ccc1F. The Morgan fingerprint density at radius 2 is 2.15 bits per heavy atom. The van der Waals surface area contributed by atoms with Crippen LogP contribution in [-0.4, -0.2) is 5.11 Å². The highest BCUT2D eigenvalue weighted by Crippen LogP contribution is 2.20. The minimum atomic E-state index is -1.14. The van der Waals surface area contributed by atoms with Crippen LogP contribution in [0.15, 0.2) is 18.2 Å². The van der Waals surface area contributed by atoms with E-state index in [4.69, 9.17) is 6.42 Å². The number of benzene rings is 1. The minimum Gasteiger partial charge on any atom is -0.387 e. The molecular weight excluding hydrogens is 174 g/mol. The minimum absolute atomic E-state index is 0.0274. The zero-order chi connectivity index (χ0) is 9.84. The van der Waals surface area contributed by atoms with Crippen molar-refractivity contribution in [1.82, 2.24) is 0 Å². The number of hydrogen-bond acceptors (Lipinski definition) is 1. The fourth-order valence-electron chi connectivity index (χ4n) is 0.992. The molecule has 0 aliphatic rings. The molecule has 68 valence electrons. The van der Waals surface area contributed by atoms with Gasteiger partial charge in [-0.1, -0.05) is 0 Å². The van der Waals surface area contributed by atoms with Gasteiger partial charge in [0.1, 0.15) is 11.6 Å². The van der Waals surface area contributed by atoms with E-state index in [9.17, 15) is 13.9 Å². The quantitative estimate of drug-likeness (QED) is 0.694. The topological polar surface area (TPSA) is 20.2 Å². The van der Waals surface area contributed by atoms with Crippen LogP contribution in [0.5, 0.6) is 0 Å². The van der Waals surface area contributed by atoms with Gasteiger partial charge in [-0.15, -0.1) is 12.3 Å². The predicted molar refractivity (Wildman–Crippen MR) is 44.8 cm³/mol. The number of halogens is 2. The second-order valence-electron chi connectivity index (χ2n) is 2.59. The van der Waals surface area contributed by atoms with E-state index in [2.05, 4.69) is 5.92 Å². The van der Waals surface area contributed by atoms with Crippen molar-refractivity contribution in [1.29, 1.82) is 0 Å². The molecule has 0 bridgehead atoms. The van der Waals surface area contributed by atoms with Crippen molar-refractivity contribution < 1.29 is 13.9 Å². The largest absolute Gasteiger partial charge is 0.387 e. The molecule has 0 aromatic heterocycles. The summed E-state index contributed by atoms with van der Waals surface area (Å²) in [7, 11) is 0. The van der Waals surface area contributed by atoms with Crippen molar-refractivity contribution in [2.75, 3.05) is 0 Å². The van der Waals surface area contributed by atoms with Gasteiger partial charge in [0, 0.05) is 12.0 Å². The van der Waals surface area contributed by atoms with Crippen LogP contribution in [0, 0.1) is 24.0 Å². The van der Waals surface area contributed by atoms with Gasteiger partial charge in [-0.05, 0) is 18.2 Å². The summed E-state index contributed by atoms with van der Waals surface area (Å²) in [4.78, 5) is 0. The zero-order valence-corrected chi connectivity index (χ0v) is 6.80. The van der Waals surface area contributed by atoms with E-state index in [1.54, 1.807) is 0 Å². The molecule has 1 N–H and O–H groups in total. The van der Waals surface area contributed by atoms with Crippen molar-refractivity contribution >= 4 is 0 Å². The third-order valence-electron chi connectivity index (χ3n) is 1.63. The lowest BCUT2D eigenvalue weighted by molar-refractivity contribution is 0.178. The van der Waals surface area contributed by atoms with Crippen LogP contribution in [0.3, 0.4) is 0 Å². The summed E-state index contributed by atoms with van der Waals surface area (Å²) in [6.07, 6.45) is 3.76. The third-order valence-corrected chi connectivity index (χ3v) is 1.63. The van der Waals surface area contributed by atoms with Gasteiger partial charge in [0.25, 0.3) is 0 Å². The Morgan fingerprint density at radius 1 is 1.46 bits per heavy atom. The lowest BCUT2D eigenvalue weighted by Gasteiger charge is -2.08. The highest BCUT2D eigenvalue weighted by molar-refractivity contribution is 5.22. The Kier molecular flexibility index (Phi) is 2.99. The molecule has 3 heteroatoms. The van der Waals surface area contributed by atoms with E-state index < -0.39 is 17.7 Å². The van der Waals surface area contributed by atoms with Crippen molar-refractivity contribution in [3.05, 3.63) is 35.4 Å². The molecule has 1 atom stereocenters. The molecule has 0 spiro atoms. The van der Waals surface area contributed by atoms with Crippen molar-refractivity contribution in [3.8, 4) is 12.3 Å². The van der Waals surface area contributed by atoms with Crippen LogP contribution in [-0.2, 0) is 0 Å². The van der Waals surface area contributed by atoms with Crippen LogP contribution in [0.4, 0.5) is 8.78 Å². The van der Waals surface area contributed by atoms with Crippen molar-refractivity contribution in [2.45, 2.75) is 12.5 Å². The molecule has 0 saturated carbocycles. The van der Waals surface area contributed by atoms with Gasteiger partial charge in [-0.25, -0.2) is 8.78 Å². The molecule has 1 unspecified atom stereocenters. The van der Waals surface area contributed by atoms with E-state index >= 15 is 0 Å². The number of aliphatic hydroxyl groups is 1. The van der Waals surface area contributed by atoms with Crippen LogP contribution in [0.2, 0.25) is 0 Å². The summed E-state index contributed by atoms with van der Waals surface area (Å²) in [5.41, 5.74) is -0.0991. The lowest BCUT2D eigenvalue weighted by atomic mass is 10.1. The molecule has 0 radical (unpaired) electrons. The summed E-state index contributed by atoms with van der Waals surface area (Å²) < 4.78 is 25.6. The molecular formula is C10H8F2O. The Labute approximate surface area is 75.0 Å². The Hall–Kier alpha value is -1.40. The molecule has 0 aliphatic heterocycles. The fraction of sp³-hybridized carbons (Fsp3) is 0.200. The molecule has 0 heterocycles. The summed E-state index contributed by atoms with van der Waals surface area (Å²) >= 11 is 0. The van der Waals surface area contributed by atoms with E-state index in [1.165, 1.54) is 0 Å². The fourth-order valence-corrected chi connectivity index (χ4v) is 0.992. The Bertz CT molecular complexity index is 341. The van der Waals surface area contributed by atoms with Gasteiger partial charge in [-0.3, -0.25) is 0 Å². The maximum absolute atomic E-state index is 12.9. The Balaban J connectivity index is 3.00. The first-order chi connectivity index (χ1) is 6.15. The number of terminal acetylenes is 1. The molecule has 1 aromatic carbocycles. The monoisotopic (exact) mass is 182 g/mol. The van der Waals surface area contributed by atoms with Crippen LogP contribution in [0.25, 0.3) is 0 Å². The van der Waals surface area contributed by atoms with Gasteiger partial charge < -0.3 is 5.11 Å². The first kappa shape index (κ1) is 9.69. The second kappa shape index (κ2) is 4.01. The Morgan fingerprint density at radius 3 is 2.77 bits per heavy atom. The van der Waals surface area contributed by atoms with Crippen LogP contribution >= 0.6 is 0 Å². The molecule has 0 amide bonds. The van der Waals surface area contributed by atoms with Crippen molar-refractivity contribution in [3.63, 3.8) is 0 Å². The second-order valence-corrected chi connectivity index (χ2v) is 2.59. The smallest absolute Gasteiger partial charge is 0.129 e. The van der Waals surface area contributed by atoms with Crippen LogP contribution < -0.4 is 0 Å². The van der Waals surface area contributed by atoms with Gasteiger partial charge in [-0.2, -0.15) is 0 Å².